The van der Waals surface area contributed by atoms with Crippen molar-refractivity contribution >= 4 is 27.3 Å². The third-order valence-corrected chi connectivity index (χ3v) is 5.64. The highest BCUT2D eigenvalue weighted by Crippen LogP contribution is 2.24. The van der Waals surface area contributed by atoms with Crippen molar-refractivity contribution in [3.63, 3.8) is 0 Å². The second kappa shape index (κ2) is 6.21. The number of thiophene rings is 1. The highest BCUT2D eigenvalue weighted by atomic mass is 32.2. The Bertz CT molecular complexity index is 576. The van der Waals surface area contributed by atoms with E-state index < -0.39 is 10.0 Å². The number of amides is 1. The number of hydrogen-bond acceptors (Lipinski definition) is 5. The molecule has 3 N–H and O–H groups in total. The number of nitrogens with two attached hydrogens (primary N) is 1. The second-order valence-electron chi connectivity index (χ2n) is 4.76. The smallest absolute Gasteiger partial charge is 0.247 e. The van der Waals surface area contributed by atoms with Gasteiger partial charge >= 0.3 is 0 Å². The van der Waals surface area contributed by atoms with Crippen molar-refractivity contribution in [2.24, 2.45) is 5.14 Å². The van der Waals surface area contributed by atoms with Crippen LogP contribution in [0.15, 0.2) is 16.3 Å². The van der Waals surface area contributed by atoms with E-state index in [4.69, 9.17) is 9.88 Å². The van der Waals surface area contributed by atoms with E-state index in [1.54, 1.807) is 6.07 Å². The van der Waals surface area contributed by atoms with Gasteiger partial charge in [-0.3, -0.25) is 4.79 Å². The van der Waals surface area contributed by atoms with Gasteiger partial charge in [0.25, 0.3) is 0 Å². The second-order valence-corrected chi connectivity index (χ2v) is 7.71. The summed E-state index contributed by atoms with van der Waals surface area (Å²) in [5.41, 5.74) is 0. The minimum absolute atomic E-state index is 0.0837. The number of primary sulfonamides is 1. The van der Waals surface area contributed by atoms with Gasteiger partial charge in [0.15, 0.2) is 0 Å². The number of rotatable bonds is 6. The molecule has 1 saturated carbocycles. The standard InChI is InChI=1S/C12H18N2O4S2/c1-2-18-9-5-8(6-9)14-11(15)7-10-3-4-12(19-10)20(13,16)17/h3-4,8-9H,2,5-7H2,1H3,(H,14,15)(H2,13,16,17). The van der Waals surface area contributed by atoms with E-state index in [1.165, 1.54) is 6.07 Å². The van der Waals surface area contributed by atoms with Crippen molar-refractivity contribution in [3.05, 3.63) is 17.0 Å². The zero-order valence-corrected chi connectivity index (χ0v) is 12.8. The van der Waals surface area contributed by atoms with Gasteiger partial charge < -0.3 is 10.1 Å². The van der Waals surface area contributed by atoms with E-state index in [1.807, 2.05) is 6.92 Å². The maximum absolute atomic E-state index is 11.8. The average Bonchev–Trinajstić information content (AvgIpc) is 2.74. The van der Waals surface area contributed by atoms with Crippen LogP contribution in [0.2, 0.25) is 0 Å². The van der Waals surface area contributed by atoms with E-state index >= 15 is 0 Å². The fourth-order valence-electron chi connectivity index (χ4n) is 2.10. The molecule has 0 spiro atoms. The lowest BCUT2D eigenvalue weighted by molar-refractivity contribution is -0.123. The zero-order valence-electron chi connectivity index (χ0n) is 11.2. The SMILES string of the molecule is CCOC1CC(NC(=O)Cc2ccc(S(N)(=O)=O)s2)C1. The van der Waals surface area contributed by atoms with Crippen molar-refractivity contribution in [3.8, 4) is 0 Å². The van der Waals surface area contributed by atoms with Gasteiger partial charge in [0, 0.05) is 17.5 Å². The van der Waals surface area contributed by atoms with Crippen LogP contribution in [-0.2, 0) is 26.0 Å². The molecule has 112 valence electrons. The van der Waals surface area contributed by atoms with Crippen molar-refractivity contribution in [1.82, 2.24) is 5.32 Å². The molecule has 1 amide bonds. The van der Waals surface area contributed by atoms with Gasteiger partial charge in [0.05, 0.1) is 12.5 Å². The Balaban J connectivity index is 1.79. The summed E-state index contributed by atoms with van der Waals surface area (Å²) < 4.78 is 27.8. The Labute approximate surface area is 122 Å². The molecule has 2 rings (SSSR count). The summed E-state index contributed by atoms with van der Waals surface area (Å²) in [7, 11) is -3.68. The molecule has 1 heterocycles. The lowest BCUT2D eigenvalue weighted by Gasteiger charge is -2.35. The van der Waals surface area contributed by atoms with Gasteiger partial charge in [-0.1, -0.05) is 0 Å². The van der Waals surface area contributed by atoms with Crippen LogP contribution in [0, 0.1) is 0 Å². The molecule has 1 aliphatic rings. The number of sulfonamides is 1. The molecule has 8 heteroatoms. The predicted octanol–water partition coefficient (Wildman–Crippen LogP) is 0.622. The Morgan fingerprint density at radius 3 is 2.75 bits per heavy atom. The van der Waals surface area contributed by atoms with Gasteiger partial charge in [0.1, 0.15) is 4.21 Å². The van der Waals surface area contributed by atoms with Gasteiger partial charge in [0.2, 0.25) is 15.9 Å². The first-order chi connectivity index (χ1) is 9.38. The van der Waals surface area contributed by atoms with Crippen molar-refractivity contribution in [1.29, 1.82) is 0 Å². The molecular formula is C12H18N2O4S2. The van der Waals surface area contributed by atoms with E-state index in [0.717, 1.165) is 24.2 Å². The van der Waals surface area contributed by atoms with Crippen LogP contribution in [0.3, 0.4) is 0 Å². The van der Waals surface area contributed by atoms with Crippen LogP contribution in [0.1, 0.15) is 24.6 Å². The largest absolute Gasteiger partial charge is 0.378 e. The van der Waals surface area contributed by atoms with Gasteiger partial charge in [-0.05, 0) is 31.9 Å². The predicted molar refractivity (Wildman–Crippen MR) is 76.0 cm³/mol. The molecule has 0 atom stereocenters. The van der Waals surface area contributed by atoms with Gasteiger partial charge in [-0.15, -0.1) is 11.3 Å². The number of carbonyl (C=O) groups excluding carboxylic acids is 1. The first-order valence-corrected chi connectivity index (χ1v) is 8.77. The topological polar surface area (TPSA) is 98.5 Å². The molecule has 20 heavy (non-hydrogen) atoms. The molecule has 0 radical (unpaired) electrons. The van der Waals surface area contributed by atoms with Crippen LogP contribution < -0.4 is 10.5 Å². The highest BCUT2D eigenvalue weighted by Gasteiger charge is 2.30. The molecule has 1 aromatic rings. The Hall–Kier alpha value is -0.960. The molecule has 1 aliphatic carbocycles. The third kappa shape index (κ3) is 4.02. The summed E-state index contributed by atoms with van der Waals surface area (Å²) in [4.78, 5) is 12.5. The molecule has 0 unspecified atom stereocenters. The molecule has 0 aromatic carbocycles. The minimum Gasteiger partial charge on any atom is -0.378 e. The summed E-state index contributed by atoms with van der Waals surface area (Å²) in [5, 5.41) is 7.93. The summed E-state index contributed by atoms with van der Waals surface area (Å²) >= 11 is 1.03. The van der Waals surface area contributed by atoms with E-state index in [2.05, 4.69) is 5.32 Å². The van der Waals surface area contributed by atoms with Crippen molar-refractivity contribution in [2.75, 3.05) is 6.61 Å². The van der Waals surface area contributed by atoms with Gasteiger partial charge in [-0.2, -0.15) is 0 Å². The monoisotopic (exact) mass is 318 g/mol. The van der Waals surface area contributed by atoms with Crippen LogP contribution in [0.4, 0.5) is 0 Å². The van der Waals surface area contributed by atoms with Crippen LogP contribution >= 0.6 is 11.3 Å². The molecule has 6 nitrogen and oxygen atoms in total. The highest BCUT2D eigenvalue weighted by molar-refractivity contribution is 7.91. The number of carbonyl (C=O) groups is 1. The Morgan fingerprint density at radius 1 is 1.50 bits per heavy atom. The fourth-order valence-corrected chi connectivity index (χ4v) is 3.88. The first kappa shape index (κ1) is 15.4. The summed E-state index contributed by atoms with van der Waals surface area (Å²) in [6, 6.07) is 3.21. The van der Waals surface area contributed by atoms with Crippen molar-refractivity contribution in [2.45, 2.75) is 42.5 Å². The van der Waals surface area contributed by atoms with E-state index in [9.17, 15) is 13.2 Å². The third-order valence-electron chi connectivity index (χ3n) is 3.11. The quantitative estimate of drug-likeness (QED) is 0.803. The molecular weight excluding hydrogens is 300 g/mol. The Kier molecular flexibility index (Phi) is 4.79. The van der Waals surface area contributed by atoms with Gasteiger partial charge in [-0.25, -0.2) is 13.6 Å². The average molecular weight is 318 g/mol. The molecule has 0 bridgehead atoms. The molecule has 0 saturated heterocycles. The fraction of sp³-hybridized carbons (Fsp3) is 0.583. The normalized spacial score (nSPS) is 22.3. The molecule has 1 aromatic heterocycles. The van der Waals surface area contributed by atoms with Crippen LogP contribution in [0.25, 0.3) is 0 Å². The van der Waals surface area contributed by atoms with E-state index in [0.29, 0.717) is 11.5 Å². The number of nitrogens with one attached hydrogen (secondary N) is 1. The van der Waals surface area contributed by atoms with Crippen molar-refractivity contribution < 1.29 is 17.9 Å². The summed E-state index contributed by atoms with van der Waals surface area (Å²) in [6.45, 7) is 2.64. The van der Waals surface area contributed by atoms with Crippen LogP contribution in [0.5, 0.6) is 0 Å². The maximum Gasteiger partial charge on any atom is 0.247 e. The van der Waals surface area contributed by atoms with E-state index in [-0.39, 0.29) is 28.7 Å². The minimum atomic E-state index is -3.68. The maximum atomic E-state index is 11.8. The van der Waals surface area contributed by atoms with Crippen LogP contribution in [-0.4, -0.2) is 33.1 Å². The lowest BCUT2D eigenvalue weighted by atomic mass is 9.89. The first-order valence-electron chi connectivity index (χ1n) is 6.41. The summed E-state index contributed by atoms with van der Waals surface area (Å²) in [6.07, 6.45) is 2.11. The number of hydrogen-bond donors (Lipinski definition) is 2. The molecule has 1 fully saturated rings. The Morgan fingerprint density at radius 2 is 2.20 bits per heavy atom. The molecule has 0 aliphatic heterocycles. The lowest BCUT2D eigenvalue weighted by Crippen LogP contribution is -2.48. The zero-order chi connectivity index (χ0) is 14.8. The number of ether oxygens (including phenoxy) is 1. The summed E-state index contributed by atoms with van der Waals surface area (Å²) in [5.74, 6) is -0.104.